The van der Waals surface area contributed by atoms with Crippen molar-refractivity contribution in [2.24, 2.45) is 0 Å². The molecule has 0 aliphatic rings. The molecule has 30 heavy (non-hydrogen) atoms. The van der Waals surface area contributed by atoms with Crippen molar-refractivity contribution in [2.75, 3.05) is 0 Å². The van der Waals surface area contributed by atoms with Crippen molar-refractivity contribution in [2.45, 2.75) is 0 Å². The lowest BCUT2D eigenvalue weighted by atomic mass is 9.89. The van der Waals surface area contributed by atoms with E-state index in [1.807, 2.05) is 12.3 Å². The molecule has 1 heterocycles. The van der Waals surface area contributed by atoms with Crippen LogP contribution in [0.5, 0.6) is 0 Å². The summed E-state index contributed by atoms with van der Waals surface area (Å²) in [5, 5.41) is 14.1. The Labute approximate surface area is 173 Å². The Morgan fingerprint density at radius 1 is 0.367 bits per heavy atom. The van der Waals surface area contributed by atoms with E-state index < -0.39 is 0 Å². The predicted octanol–water partition coefficient (Wildman–Crippen LogP) is 8.00. The van der Waals surface area contributed by atoms with Gasteiger partial charge in [0.05, 0.1) is 5.52 Å². The second-order valence-electron chi connectivity index (χ2n) is 7.98. The highest BCUT2D eigenvalue weighted by molar-refractivity contribution is 6.36. The van der Waals surface area contributed by atoms with Gasteiger partial charge in [-0.15, -0.1) is 0 Å². The molecular weight excluding hydrogens is 362 g/mol. The first kappa shape index (κ1) is 15.9. The second kappa shape index (κ2) is 5.77. The Kier molecular flexibility index (Phi) is 3.06. The summed E-state index contributed by atoms with van der Waals surface area (Å²) in [6, 6.07) is 35.1. The van der Waals surface area contributed by atoms with Gasteiger partial charge in [0.1, 0.15) is 0 Å². The molecule has 0 radical (unpaired) electrons. The fourth-order valence-electron chi connectivity index (χ4n) is 5.16. The van der Waals surface area contributed by atoms with E-state index >= 15 is 0 Å². The lowest BCUT2D eigenvalue weighted by Crippen LogP contribution is -1.88. The molecule has 7 rings (SSSR count). The first-order chi connectivity index (χ1) is 14.9. The fraction of sp³-hybridized carbons (Fsp3) is 0. The van der Waals surface area contributed by atoms with Gasteiger partial charge >= 0.3 is 0 Å². The van der Waals surface area contributed by atoms with Crippen LogP contribution in [0.15, 0.2) is 103 Å². The van der Waals surface area contributed by atoms with Crippen LogP contribution < -0.4 is 0 Å². The topological polar surface area (TPSA) is 12.9 Å². The molecule has 1 nitrogen and oxygen atoms in total. The molecule has 0 fully saturated rings. The summed E-state index contributed by atoms with van der Waals surface area (Å²) in [7, 11) is 0. The standard InChI is InChI=1S/C29H17N/c1-2-9-23-21(7-1)22-8-3-4-10-24(22)28-25(23)16-15-18-11-12-19-13-14-20-6-5-17-30-29(20)27(19)26(18)28/h1-17H. The molecule has 0 bridgehead atoms. The molecule has 0 aliphatic heterocycles. The van der Waals surface area contributed by atoms with Crippen LogP contribution in [0.25, 0.3) is 64.8 Å². The smallest absolute Gasteiger partial charge is 0.0786 e. The van der Waals surface area contributed by atoms with Crippen LogP contribution in [0, 0.1) is 0 Å². The normalized spacial score (nSPS) is 12.0. The number of hydrogen-bond donors (Lipinski definition) is 0. The van der Waals surface area contributed by atoms with E-state index in [4.69, 9.17) is 4.98 Å². The van der Waals surface area contributed by atoms with Gasteiger partial charge in [-0.2, -0.15) is 0 Å². The van der Waals surface area contributed by atoms with Crippen molar-refractivity contribution in [1.29, 1.82) is 0 Å². The third-order valence-corrected chi connectivity index (χ3v) is 6.44. The molecule has 6 aromatic carbocycles. The molecule has 0 saturated heterocycles. The van der Waals surface area contributed by atoms with Gasteiger partial charge in [-0.25, -0.2) is 0 Å². The van der Waals surface area contributed by atoms with Crippen LogP contribution in [0.3, 0.4) is 0 Å². The summed E-state index contributed by atoms with van der Waals surface area (Å²) < 4.78 is 0. The van der Waals surface area contributed by atoms with Crippen molar-refractivity contribution in [3.05, 3.63) is 103 Å². The van der Waals surface area contributed by atoms with Gasteiger partial charge in [-0.05, 0) is 49.2 Å². The molecule has 1 heteroatoms. The average Bonchev–Trinajstić information content (AvgIpc) is 2.83. The lowest BCUT2D eigenvalue weighted by molar-refractivity contribution is 1.43. The van der Waals surface area contributed by atoms with E-state index in [1.54, 1.807) is 0 Å². The number of rotatable bonds is 0. The zero-order valence-corrected chi connectivity index (χ0v) is 16.3. The highest BCUT2D eigenvalue weighted by Gasteiger charge is 2.14. The minimum Gasteiger partial charge on any atom is -0.256 e. The maximum Gasteiger partial charge on any atom is 0.0786 e. The Hall–Kier alpha value is -3.97. The van der Waals surface area contributed by atoms with Crippen molar-refractivity contribution in [3.63, 3.8) is 0 Å². The average molecular weight is 379 g/mol. The van der Waals surface area contributed by atoms with Crippen molar-refractivity contribution >= 4 is 64.8 Å². The first-order valence-electron chi connectivity index (χ1n) is 10.3. The minimum atomic E-state index is 1.07. The van der Waals surface area contributed by atoms with Crippen molar-refractivity contribution in [3.8, 4) is 0 Å². The number of nitrogens with zero attached hydrogens (tertiary/aromatic N) is 1. The molecule has 0 saturated carbocycles. The van der Waals surface area contributed by atoms with Gasteiger partial charge in [-0.1, -0.05) is 91.0 Å². The zero-order chi connectivity index (χ0) is 19.7. The summed E-state index contributed by atoms with van der Waals surface area (Å²) in [5.74, 6) is 0. The molecular formula is C29H17N. The molecule has 0 aliphatic carbocycles. The minimum absolute atomic E-state index is 1.07. The lowest BCUT2D eigenvalue weighted by Gasteiger charge is -2.15. The molecule has 7 aromatic rings. The third-order valence-electron chi connectivity index (χ3n) is 6.44. The Morgan fingerprint density at radius 2 is 0.900 bits per heavy atom. The zero-order valence-electron chi connectivity index (χ0n) is 16.3. The maximum atomic E-state index is 4.81. The summed E-state index contributed by atoms with van der Waals surface area (Å²) in [6.07, 6.45) is 1.90. The number of benzene rings is 6. The van der Waals surface area contributed by atoms with Gasteiger partial charge in [-0.3, -0.25) is 4.98 Å². The van der Waals surface area contributed by atoms with E-state index in [9.17, 15) is 0 Å². The monoisotopic (exact) mass is 379 g/mol. The SMILES string of the molecule is c1cnc2c(c1)ccc1ccc3ccc4c5ccccc5c5ccccc5c4c3c12. The quantitative estimate of drug-likeness (QED) is 0.243. The third kappa shape index (κ3) is 1.99. The van der Waals surface area contributed by atoms with Crippen LogP contribution >= 0.6 is 0 Å². The Balaban J connectivity index is 1.91. The van der Waals surface area contributed by atoms with Crippen LogP contribution in [0.1, 0.15) is 0 Å². The number of pyridine rings is 1. The molecule has 0 unspecified atom stereocenters. The Morgan fingerprint density at radius 3 is 1.63 bits per heavy atom. The molecule has 1 aromatic heterocycles. The summed E-state index contributed by atoms with van der Waals surface area (Å²) in [4.78, 5) is 4.81. The van der Waals surface area contributed by atoms with Crippen LogP contribution in [0.2, 0.25) is 0 Å². The largest absolute Gasteiger partial charge is 0.256 e. The number of fused-ring (bicyclic) bond motifs is 12. The van der Waals surface area contributed by atoms with Crippen LogP contribution in [-0.4, -0.2) is 4.98 Å². The molecule has 0 amide bonds. The summed E-state index contributed by atoms with van der Waals surface area (Å²) >= 11 is 0. The van der Waals surface area contributed by atoms with Crippen LogP contribution in [0.4, 0.5) is 0 Å². The maximum absolute atomic E-state index is 4.81. The van der Waals surface area contributed by atoms with E-state index in [1.165, 1.54) is 59.2 Å². The van der Waals surface area contributed by atoms with E-state index in [-0.39, 0.29) is 0 Å². The first-order valence-corrected chi connectivity index (χ1v) is 10.3. The highest BCUT2D eigenvalue weighted by atomic mass is 14.6. The summed E-state index contributed by atoms with van der Waals surface area (Å²) in [6.45, 7) is 0. The Bertz CT molecular complexity index is 1750. The van der Waals surface area contributed by atoms with Gasteiger partial charge in [0.15, 0.2) is 0 Å². The van der Waals surface area contributed by atoms with Crippen LogP contribution in [-0.2, 0) is 0 Å². The molecule has 0 N–H and O–H groups in total. The van der Waals surface area contributed by atoms with Gasteiger partial charge < -0.3 is 0 Å². The predicted molar refractivity (Wildman–Crippen MR) is 129 cm³/mol. The molecule has 0 atom stereocenters. The molecule has 138 valence electrons. The van der Waals surface area contributed by atoms with Crippen molar-refractivity contribution in [1.82, 2.24) is 4.98 Å². The van der Waals surface area contributed by atoms with Crippen molar-refractivity contribution < 1.29 is 0 Å². The number of hydrogen-bond acceptors (Lipinski definition) is 1. The number of aromatic nitrogens is 1. The molecule has 0 spiro atoms. The van der Waals surface area contributed by atoms with E-state index in [0.717, 1.165) is 5.52 Å². The van der Waals surface area contributed by atoms with Gasteiger partial charge in [0, 0.05) is 22.4 Å². The van der Waals surface area contributed by atoms with E-state index in [0.29, 0.717) is 0 Å². The summed E-state index contributed by atoms with van der Waals surface area (Å²) in [5.41, 5.74) is 1.07. The highest BCUT2D eigenvalue weighted by Crippen LogP contribution is 2.42. The second-order valence-corrected chi connectivity index (χ2v) is 7.98. The van der Waals surface area contributed by atoms with E-state index in [2.05, 4.69) is 91.0 Å². The van der Waals surface area contributed by atoms with Gasteiger partial charge in [0.25, 0.3) is 0 Å². The fourth-order valence-corrected chi connectivity index (χ4v) is 5.16. The van der Waals surface area contributed by atoms with Gasteiger partial charge in [0.2, 0.25) is 0 Å².